The second kappa shape index (κ2) is 5.32. The molecular formula is C11H16O4S. The molecule has 0 spiro atoms. The van der Waals surface area contributed by atoms with E-state index in [9.17, 15) is 8.42 Å². The minimum atomic E-state index is -3.37. The summed E-state index contributed by atoms with van der Waals surface area (Å²) in [5.74, 6) is 0.284. The Bertz CT molecular complexity index is 451. The Morgan fingerprint density at radius 2 is 2.06 bits per heavy atom. The molecule has 0 saturated carbocycles. The predicted molar refractivity (Wildman–Crippen MR) is 61.5 cm³/mol. The van der Waals surface area contributed by atoms with E-state index in [1.807, 2.05) is 6.92 Å². The molecule has 16 heavy (non-hydrogen) atoms. The van der Waals surface area contributed by atoms with Gasteiger partial charge >= 0.3 is 0 Å². The van der Waals surface area contributed by atoms with Gasteiger partial charge in [0.05, 0.1) is 12.9 Å². The second-order valence-electron chi connectivity index (χ2n) is 3.55. The third-order valence-corrected chi connectivity index (χ3v) is 4.04. The van der Waals surface area contributed by atoms with Gasteiger partial charge in [0, 0.05) is 6.61 Å². The fourth-order valence-corrected chi connectivity index (χ4v) is 2.94. The van der Waals surface area contributed by atoms with E-state index in [1.165, 1.54) is 7.11 Å². The van der Waals surface area contributed by atoms with Gasteiger partial charge in [-0.2, -0.15) is 0 Å². The first-order valence-electron chi connectivity index (χ1n) is 4.99. The number of ether oxygens (including phenoxy) is 1. The Labute approximate surface area is 95.8 Å². The molecule has 0 fully saturated rings. The monoisotopic (exact) mass is 244 g/mol. The zero-order chi connectivity index (χ0) is 12.2. The number of aliphatic hydroxyl groups is 1. The maximum Gasteiger partial charge on any atom is 0.182 e. The van der Waals surface area contributed by atoms with Gasteiger partial charge in [-0.3, -0.25) is 0 Å². The van der Waals surface area contributed by atoms with Crippen LogP contribution in [0.15, 0.2) is 23.1 Å². The first-order valence-corrected chi connectivity index (χ1v) is 6.65. The standard InChI is InChI=1S/C11H16O4S/c1-9-4-5-10(15-2)11(8-9)16(13,14)7-3-6-12/h4-5,8,12H,3,6-7H2,1-2H3. The molecule has 0 radical (unpaired) electrons. The highest BCUT2D eigenvalue weighted by atomic mass is 32.2. The number of methoxy groups -OCH3 is 1. The number of aryl methyl sites for hydroxylation is 1. The van der Waals surface area contributed by atoms with Crippen molar-refractivity contribution in [2.45, 2.75) is 18.2 Å². The molecule has 90 valence electrons. The van der Waals surface area contributed by atoms with Crippen molar-refractivity contribution in [2.24, 2.45) is 0 Å². The lowest BCUT2D eigenvalue weighted by Gasteiger charge is -2.09. The fraction of sp³-hybridized carbons (Fsp3) is 0.455. The van der Waals surface area contributed by atoms with E-state index < -0.39 is 9.84 Å². The van der Waals surface area contributed by atoms with Gasteiger partial charge in [0.2, 0.25) is 0 Å². The molecule has 0 saturated heterocycles. The van der Waals surface area contributed by atoms with Gasteiger partial charge in [-0.25, -0.2) is 8.42 Å². The Balaban J connectivity index is 3.15. The molecule has 1 rings (SSSR count). The van der Waals surface area contributed by atoms with Crippen molar-refractivity contribution in [1.82, 2.24) is 0 Å². The molecule has 0 heterocycles. The van der Waals surface area contributed by atoms with Crippen LogP contribution in [0, 0.1) is 6.92 Å². The van der Waals surface area contributed by atoms with E-state index >= 15 is 0 Å². The van der Waals surface area contributed by atoms with Crippen molar-refractivity contribution in [3.8, 4) is 5.75 Å². The molecule has 0 unspecified atom stereocenters. The van der Waals surface area contributed by atoms with Gasteiger partial charge in [-0.1, -0.05) is 6.07 Å². The lowest BCUT2D eigenvalue weighted by Crippen LogP contribution is -2.10. The van der Waals surface area contributed by atoms with Gasteiger partial charge in [0.15, 0.2) is 9.84 Å². The summed E-state index contributed by atoms with van der Waals surface area (Å²) in [5, 5.41) is 8.66. The Kier molecular flexibility index (Phi) is 4.32. The number of benzene rings is 1. The quantitative estimate of drug-likeness (QED) is 0.844. The Hall–Kier alpha value is -1.07. The number of rotatable bonds is 5. The fourth-order valence-electron chi connectivity index (χ4n) is 1.39. The Morgan fingerprint density at radius 3 is 2.62 bits per heavy atom. The third kappa shape index (κ3) is 2.96. The summed E-state index contributed by atoms with van der Waals surface area (Å²) in [6.07, 6.45) is 0.236. The lowest BCUT2D eigenvalue weighted by atomic mass is 10.2. The van der Waals surface area contributed by atoms with Gasteiger partial charge in [0.1, 0.15) is 10.6 Å². The molecule has 5 heteroatoms. The first-order chi connectivity index (χ1) is 7.51. The van der Waals surface area contributed by atoms with E-state index in [1.54, 1.807) is 18.2 Å². The minimum Gasteiger partial charge on any atom is -0.495 e. The number of hydrogen-bond donors (Lipinski definition) is 1. The number of sulfone groups is 1. The van der Waals surface area contributed by atoms with Crippen LogP contribution in [-0.2, 0) is 9.84 Å². The summed E-state index contributed by atoms with van der Waals surface area (Å²) in [6, 6.07) is 5.02. The molecule has 4 nitrogen and oxygen atoms in total. The van der Waals surface area contributed by atoms with Crippen molar-refractivity contribution in [1.29, 1.82) is 0 Å². The van der Waals surface area contributed by atoms with Crippen LogP contribution in [-0.4, -0.2) is 33.0 Å². The van der Waals surface area contributed by atoms with Gasteiger partial charge in [-0.15, -0.1) is 0 Å². The number of hydrogen-bond acceptors (Lipinski definition) is 4. The van der Waals surface area contributed by atoms with E-state index in [-0.39, 0.29) is 23.7 Å². The van der Waals surface area contributed by atoms with Crippen LogP contribution >= 0.6 is 0 Å². The lowest BCUT2D eigenvalue weighted by molar-refractivity contribution is 0.295. The third-order valence-electron chi connectivity index (χ3n) is 2.23. The van der Waals surface area contributed by atoms with E-state index in [0.717, 1.165) is 5.56 Å². The van der Waals surface area contributed by atoms with Gasteiger partial charge < -0.3 is 9.84 Å². The van der Waals surface area contributed by atoms with Gasteiger partial charge in [0.25, 0.3) is 0 Å². The summed E-state index contributed by atoms with van der Waals surface area (Å²) >= 11 is 0. The summed E-state index contributed by atoms with van der Waals surface area (Å²) < 4.78 is 28.9. The summed E-state index contributed by atoms with van der Waals surface area (Å²) in [4.78, 5) is 0.198. The minimum absolute atomic E-state index is 0.0662. The molecule has 0 aromatic heterocycles. The zero-order valence-electron chi connectivity index (χ0n) is 9.43. The van der Waals surface area contributed by atoms with E-state index in [2.05, 4.69) is 0 Å². The largest absolute Gasteiger partial charge is 0.495 e. The van der Waals surface area contributed by atoms with Crippen LogP contribution in [0.2, 0.25) is 0 Å². The summed E-state index contributed by atoms with van der Waals surface area (Å²) in [5.41, 5.74) is 0.864. The van der Waals surface area contributed by atoms with Crippen LogP contribution in [0.5, 0.6) is 5.75 Å². The maximum atomic E-state index is 11.9. The Morgan fingerprint density at radius 1 is 1.38 bits per heavy atom. The van der Waals surface area contributed by atoms with Crippen molar-refractivity contribution in [3.05, 3.63) is 23.8 Å². The molecule has 1 N–H and O–H groups in total. The molecule has 1 aromatic carbocycles. The van der Waals surface area contributed by atoms with E-state index in [0.29, 0.717) is 5.75 Å². The zero-order valence-corrected chi connectivity index (χ0v) is 10.3. The van der Waals surface area contributed by atoms with Crippen LogP contribution < -0.4 is 4.74 Å². The molecule has 0 bridgehead atoms. The summed E-state index contributed by atoms with van der Waals surface area (Å²) in [6.45, 7) is 1.69. The van der Waals surface area contributed by atoms with Gasteiger partial charge in [-0.05, 0) is 31.0 Å². The molecule has 0 amide bonds. The smallest absolute Gasteiger partial charge is 0.182 e. The van der Waals surface area contributed by atoms with Crippen LogP contribution in [0.4, 0.5) is 0 Å². The van der Waals surface area contributed by atoms with E-state index in [4.69, 9.17) is 9.84 Å². The highest BCUT2D eigenvalue weighted by Crippen LogP contribution is 2.25. The van der Waals surface area contributed by atoms with Crippen molar-refractivity contribution >= 4 is 9.84 Å². The molecule has 0 aliphatic heterocycles. The average molecular weight is 244 g/mol. The first kappa shape index (κ1) is 13.0. The SMILES string of the molecule is COc1ccc(C)cc1S(=O)(=O)CCCO. The van der Waals surface area contributed by atoms with Crippen molar-refractivity contribution in [3.63, 3.8) is 0 Å². The topological polar surface area (TPSA) is 63.6 Å². The summed E-state index contributed by atoms with van der Waals surface area (Å²) in [7, 11) is -1.93. The molecule has 1 aromatic rings. The molecule has 0 atom stereocenters. The highest BCUT2D eigenvalue weighted by molar-refractivity contribution is 7.91. The number of aliphatic hydroxyl groups excluding tert-OH is 1. The predicted octanol–water partition coefficient (Wildman–Crippen LogP) is 1.16. The highest BCUT2D eigenvalue weighted by Gasteiger charge is 2.19. The van der Waals surface area contributed by atoms with Crippen molar-refractivity contribution in [2.75, 3.05) is 19.5 Å². The second-order valence-corrected chi connectivity index (χ2v) is 5.63. The average Bonchev–Trinajstić information content (AvgIpc) is 2.26. The van der Waals surface area contributed by atoms with Crippen LogP contribution in [0.1, 0.15) is 12.0 Å². The normalized spacial score (nSPS) is 11.4. The molecule has 0 aliphatic rings. The molecular weight excluding hydrogens is 228 g/mol. The maximum absolute atomic E-state index is 11.9. The van der Waals surface area contributed by atoms with Crippen molar-refractivity contribution < 1.29 is 18.3 Å². The molecule has 0 aliphatic carbocycles. The van der Waals surface area contributed by atoms with Crippen LogP contribution in [0.25, 0.3) is 0 Å². The van der Waals surface area contributed by atoms with Crippen LogP contribution in [0.3, 0.4) is 0 Å².